The van der Waals surface area contributed by atoms with Gasteiger partial charge in [0.2, 0.25) is 0 Å². The Morgan fingerprint density at radius 1 is 1.19 bits per heavy atom. The SMILES string of the molecule is C=CCN1CCC23CCN(CCn4cc(C)cn4)CCC2(O)C1Cc1ccc(O)cc13. The van der Waals surface area contributed by atoms with E-state index in [1.165, 1.54) is 16.7 Å². The number of fused-ring (bicyclic) bond motifs is 1. The van der Waals surface area contributed by atoms with Crippen LogP contribution in [0.4, 0.5) is 0 Å². The normalized spacial score (nSPS) is 31.0. The van der Waals surface area contributed by atoms with Crippen LogP contribution in [0.1, 0.15) is 36.0 Å². The Balaban J connectivity index is 1.47. The van der Waals surface area contributed by atoms with Crippen molar-refractivity contribution in [1.82, 2.24) is 19.6 Å². The number of nitrogens with zero attached hydrogens (tertiary/aromatic N) is 4. The van der Waals surface area contributed by atoms with Crippen LogP contribution in [0.3, 0.4) is 0 Å². The number of hydrogen-bond acceptors (Lipinski definition) is 5. The molecule has 2 fully saturated rings. The molecule has 5 rings (SSSR count). The molecular weight excluding hydrogens is 388 g/mol. The summed E-state index contributed by atoms with van der Waals surface area (Å²) in [6.07, 6.45) is 9.35. The average molecular weight is 423 g/mol. The Hall–Kier alpha value is -2.15. The molecule has 2 saturated heterocycles. The van der Waals surface area contributed by atoms with Crippen molar-refractivity contribution in [2.75, 3.05) is 32.7 Å². The fraction of sp³-hybridized carbons (Fsp3) is 0.560. The molecule has 1 aliphatic carbocycles. The molecule has 0 spiro atoms. The van der Waals surface area contributed by atoms with Crippen molar-refractivity contribution in [2.45, 2.75) is 56.2 Å². The lowest BCUT2D eigenvalue weighted by atomic mass is 9.52. The van der Waals surface area contributed by atoms with Gasteiger partial charge in [0.1, 0.15) is 5.75 Å². The van der Waals surface area contributed by atoms with Crippen LogP contribution in [0, 0.1) is 6.92 Å². The third-order valence-corrected chi connectivity index (χ3v) is 8.10. The van der Waals surface area contributed by atoms with Gasteiger partial charge in [-0.2, -0.15) is 5.10 Å². The minimum Gasteiger partial charge on any atom is -0.508 e. The molecule has 31 heavy (non-hydrogen) atoms. The van der Waals surface area contributed by atoms with E-state index in [1.807, 2.05) is 23.0 Å². The van der Waals surface area contributed by atoms with Crippen molar-refractivity contribution in [3.8, 4) is 5.75 Å². The number of phenols is 1. The first-order chi connectivity index (χ1) is 14.9. The Labute approximate surface area is 184 Å². The van der Waals surface area contributed by atoms with Crippen LogP contribution < -0.4 is 0 Å². The molecule has 3 atom stereocenters. The second-order valence-electron chi connectivity index (χ2n) is 9.72. The molecule has 1 aromatic carbocycles. The Bertz CT molecular complexity index is 972. The van der Waals surface area contributed by atoms with Crippen LogP contribution in [0.2, 0.25) is 0 Å². The van der Waals surface area contributed by atoms with Gasteiger partial charge in [-0.25, -0.2) is 0 Å². The van der Waals surface area contributed by atoms with Gasteiger partial charge < -0.3 is 15.1 Å². The number of piperidine rings is 1. The molecule has 1 aromatic heterocycles. The number of rotatable bonds is 5. The molecule has 2 bridgehead atoms. The van der Waals surface area contributed by atoms with E-state index in [4.69, 9.17) is 0 Å². The minimum atomic E-state index is -0.800. The van der Waals surface area contributed by atoms with Gasteiger partial charge in [0, 0.05) is 37.3 Å². The highest BCUT2D eigenvalue weighted by Crippen LogP contribution is 2.56. The molecule has 3 unspecified atom stereocenters. The zero-order chi connectivity index (χ0) is 21.6. The Morgan fingerprint density at radius 3 is 2.77 bits per heavy atom. The summed E-state index contributed by atoms with van der Waals surface area (Å²) in [5, 5.41) is 27.1. The van der Waals surface area contributed by atoms with Crippen LogP contribution in [-0.2, 0) is 18.4 Å². The maximum Gasteiger partial charge on any atom is 0.115 e. The van der Waals surface area contributed by atoms with Crippen molar-refractivity contribution in [3.63, 3.8) is 0 Å². The maximum atomic E-state index is 12.4. The highest BCUT2D eigenvalue weighted by molar-refractivity contribution is 5.48. The summed E-state index contributed by atoms with van der Waals surface area (Å²) in [5.41, 5.74) is 2.53. The lowest BCUT2D eigenvalue weighted by molar-refractivity contribution is -0.145. The monoisotopic (exact) mass is 422 g/mol. The van der Waals surface area contributed by atoms with Crippen molar-refractivity contribution in [1.29, 1.82) is 0 Å². The number of hydrogen-bond donors (Lipinski definition) is 2. The maximum absolute atomic E-state index is 12.4. The van der Waals surface area contributed by atoms with Crippen LogP contribution in [0.25, 0.3) is 0 Å². The molecule has 2 aromatic rings. The molecule has 3 heterocycles. The number of benzene rings is 1. The summed E-state index contributed by atoms with van der Waals surface area (Å²) < 4.78 is 2.01. The summed E-state index contributed by atoms with van der Waals surface area (Å²) in [7, 11) is 0. The number of aliphatic hydroxyl groups is 1. The van der Waals surface area contributed by atoms with E-state index in [2.05, 4.69) is 40.7 Å². The third-order valence-electron chi connectivity index (χ3n) is 8.10. The van der Waals surface area contributed by atoms with Gasteiger partial charge in [-0.3, -0.25) is 9.58 Å². The van der Waals surface area contributed by atoms with Gasteiger partial charge in [0.25, 0.3) is 0 Å². The van der Waals surface area contributed by atoms with Crippen molar-refractivity contribution < 1.29 is 10.2 Å². The average Bonchev–Trinajstić information content (AvgIpc) is 3.09. The van der Waals surface area contributed by atoms with Crippen LogP contribution in [0.5, 0.6) is 5.75 Å². The largest absolute Gasteiger partial charge is 0.508 e. The third kappa shape index (κ3) is 3.32. The number of phenolic OH excluding ortho intramolecular Hbond substituents is 1. The van der Waals surface area contributed by atoms with E-state index < -0.39 is 5.60 Å². The molecule has 6 heteroatoms. The predicted octanol–water partition coefficient (Wildman–Crippen LogP) is 2.48. The van der Waals surface area contributed by atoms with Gasteiger partial charge in [-0.15, -0.1) is 6.58 Å². The van der Waals surface area contributed by atoms with Crippen LogP contribution >= 0.6 is 0 Å². The van der Waals surface area contributed by atoms with E-state index in [1.54, 1.807) is 6.07 Å². The summed E-state index contributed by atoms with van der Waals surface area (Å²) >= 11 is 0. The highest BCUT2D eigenvalue weighted by Gasteiger charge is 2.62. The van der Waals surface area contributed by atoms with Gasteiger partial charge in [0.05, 0.1) is 18.3 Å². The fourth-order valence-corrected chi connectivity index (χ4v) is 6.50. The zero-order valence-corrected chi connectivity index (χ0v) is 18.5. The van der Waals surface area contributed by atoms with Crippen LogP contribution in [-0.4, -0.2) is 74.2 Å². The molecule has 166 valence electrons. The molecule has 3 aliphatic rings. The first-order valence-corrected chi connectivity index (χ1v) is 11.6. The van der Waals surface area contributed by atoms with Gasteiger partial charge in [-0.1, -0.05) is 12.1 Å². The minimum absolute atomic E-state index is 0.0880. The van der Waals surface area contributed by atoms with E-state index in [0.29, 0.717) is 5.75 Å². The second-order valence-corrected chi connectivity index (χ2v) is 9.72. The summed E-state index contributed by atoms with van der Waals surface area (Å²) in [6, 6.07) is 5.88. The lowest BCUT2D eigenvalue weighted by Gasteiger charge is -2.61. The molecule has 2 N–H and O–H groups in total. The molecule has 0 amide bonds. The fourth-order valence-electron chi connectivity index (χ4n) is 6.50. The van der Waals surface area contributed by atoms with E-state index in [9.17, 15) is 10.2 Å². The number of aryl methyl sites for hydroxylation is 1. The van der Waals surface area contributed by atoms with Gasteiger partial charge in [-0.05, 0) is 74.5 Å². The summed E-state index contributed by atoms with van der Waals surface area (Å²) in [4.78, 5) is 4.90. The topological polar surface area (TPSA) is 64.8 Å². The summed E-state index contributed by atoms with van der Waals surface area (Å²) in [6.45, 7) is 11.4. The Morgan fingerprint density at radius 2 is 2.00 bits per heavy atom. The molecule has 0 saturated carbocycles. The van der Waals surface area contributed by atoms with Gasteiger partial charge >= 0.3 is 0 Å². The quantitative estimate of drug-likeness (QED) is 0.725. The van der Waals surface area contributed by atoms with Crippen molar-refractivity contribution >= 4 is 0 Å². The van der Waals surface area contributed by atoms with E-state index in [0.717, 1.165) is 65.0 Å². The number of aromatic nitrogens is 2. The molecule has 0 radical (unpaired) electrons. The highest BCUT2D eigenvalue weighted by atomic mass is 16.3. The second kappa shape index (κ2) is 7.76. The summed E-state index contributed by atoms with van der Waals surface area (Å²) in [5.74, 6) is 0.303. The van der Waals surface area contributed by atoms with Crippen molar-refractivity contribution in [2.24, 2.45) is 0 Å². The lowest BCUT2D eigenvalue weighted by Crippen LogP contribution is -2.71. The molecular formula is C25H34N4O2. The zero-order valence-electron chi connectivity index (χ0n) is 18.5. The van der Waals surface area contributed by atoms with Gasteiger partial charge in [0.15, 0.2) is 0 Å². The predicted molar refractivity (Wildman–Crippen MR) is 121 cm³/mol. The number of aromatic hydroxyl groups is 1. The number of likely N-dealkylation sites (tertiary alicyclic amines) is 2. The first-order valence-electron chi connectivity index (χ1n) is 11.6. The van der Waals surface area contributed by atoms with Crippen LogP contribution in [0.15, 0.2) is 43.2 Å². The van der Waals surface area contributed by atoms with E-state index in [-0.39, 0.29) is 11.5 Å². The standard InChI is InChI=1S/C25H34N4O2/c1-3-9-28-12-7-24-6-10-27(13-14-29-18-19(2)17-26-29)11-8-25(24,31)23(28)15-20-4-5-21(30)16-22(20)24/h3-5,16-18,23,30-31H,1,6-15H2,2H3. The molecule has 6 nitrogen and oxygen atoms in total. The first kappa shape index (κ1) is 20.7. The Kier molecular flexibility index (Phi) is 5.19. The van der Waals surface area contributed by atoms with Crippen molar-refractivity contribution in [3.05, 3.63) is 59.9 Å². The van der Waals surface area contributed by atoms with E-state index >= 15 is 0 Å². The molecule has 2 aliphatic heterocycles. The smallest absolute Gasteiger partial charge is 0.115 e.